The Morgan fingerprint density at radius 1 is 1.21 bits per heavy atom. The average molecular weight is 432 g/mol. The first kappa shape index (κ1) is 20.0. The summed E-state index contributed by atoms with van der Waals surface area (Å²) in [6.45, 7) is 2.34. The van der Waals surface area contributed by atoms with Crippen LogP contribution in [0.25, 0.3) is 11.0 Å². The van der Waals surface area contributed by atoms with Gasteiger partial charge in [-0.05, 0) is 42.7 Å². The van der Waals surface area contributed by atoms with Gasteiger partial charge in [0.25, 0.3) is 0 Å². The van der Waals surface area contributed by atoms with E-state index in [0.29, 0.717) is 18.0 Å². The van der Waals surface area contributed by atoms with E-state index in [-0.39, 0.29) is 29.9 Å². The number of hydrogen-bond acceptors (Lipinski definition) is 4. The number of carbonyl (C=O) groups is 1. The SMILES string of the molecule is Cc1ccc2c(CC(=O)N(Cc3ccc(Cl)cc3)[C@H]3CCS(=O)(=O)C3)coc2c1. The zero-order chi connectivity index (χ0) is 20.6. The second kappa shape index (κ2) is 7.84. The molecule has 1 aliphatic rings. The molecule has 1 aliphatic heterocycles. The van der Waals surface area contributed by atoms with Crippen LogP contribution in [0.3, 0.4) is 0 Å². The fourth-order valence-corrected chi connectivity index (χ4v) is 5.68. The summed E-state index contributed by atoms with van der Waals surface area (Å²) in [4.78, 5) is 14.9. The minimum atomic E-state index is -3.11. The molecule has 0 aliphatic carbocycles. The Bertz CT molecular complexity index is 1150. The molecule has 0 saturated carbocycles. The van der Waals surface area contributed by atoms with Crippen molar-refractivity contribution in [3.05, 3.63) is 70.4 Å². The van der Waals surface area contributed by atoms with E-state index in [1.165, 1.54) is 0 Å². The number of aryl methyl sites for hydroxylation is 1. The van der Waals surface area contributed by atoms with Gasteiger partial charge in [0.05, 0.1) is 24.2 Å². The summed E-state index contributed by atoms with van der Waals surface area (Å²) in [6.07, 6.45) is 2.25. The lowest BCUT2D eigenvalue weighted by Gasteiger charge is -2.28. The van der Waals surface area contributed by atoms with E-state index in [9.17, 15) is 13.2 Å². The van der Waals surface area contributed by atoms with Crippen molar-refractivity contribution in [1.29, 1.82) is 0 Å². The number of furan rings is 1. The van der Waals surface area contributed by atoms with Crippen molar-refractivity contribution in [3.8, 4) is 0 Å². The summed E-state index contributed by atoms with van der Waals surface area (Å²) < 4.78 is 29.7. The Morgan fingerprint density at radius 3 is 2.66 bits per heavy atom. The summed E-state index contributed by atoms with van der Waals surface area (Å²) >= 11 is 5.97. The molecule has 1 atom stereocenters. The molecule has 2 heterocycles. The van der Waals surface area contributed by atoms with Crippen molar-refractivity contribution >= 4 is 38.3 Å². The summed E-state index contributed by atoms with van der Waals surface area (Å²) in [6, 6.07) is 12.8. The Hall–Kier alpha value is -2.31. The summed E-state index contributed by atoms with van der Waals surface area (Å²) in [5.74, 6) is 0.0264. The standard InChI is InChI=1S/C22H22ClNO4S/c1-15-2-7-20-17(13-28-21(20)10-15)11-22(25)24(19-8-9-29(26,27)14-19)12-16-3-5-18(23)6-4-16/h2-7,10,13,19H,8-9,11-12,14H2,1H3/t19-/m0/s1. The molecule has 1 saturated heterocycles. The normalized spacial score (nSPS) is 18.2. The fraction of sp³-hybridized carbons (Fsp3) is 0.318. The summed E-state index contributed by atoms with van der Waals surface area (Å²) in [5.41, 5.74) is 3.57. The van der Waals surface area contributed by atoms with Gasteiger partial charge in [0.1, 0.15) is 5.58 Å². The van der Waals surface area contributed by atoms with E-state index in [2.05, 4.69) is 0 Å². The van der Waals surface area contributed by atoms with Gasteiger partial charge in [-0.25, -0.2) is 8.42 Å². The molecule has 29 heavy (non-hydrogen) atoms. The lowest BCUT2D eigenvalue weighted by atomic mass is 10.1. The summed E-state index contributed by atoms with van der Waals surface area (Å²) in [7, 11) is -3.11. The van der Waals surface area contributed by atoms with Gasteiger partial charge in [0, 0.05) is 28.6 Å². The van der Waals surface area contributed by atoms with Crippen molar-refractivity contribution in [2.24, 2.45) is 0 Å². The number of amides is 1. The predicted molar refractivity (Wildman–Crippen MR) is 114 cm³/mol. The number of hydrogen-bond donors (Lipinski definition) is 0. The van der Waals surface area contributed by atoms with Crippen LogP contribution in [0.1, 0.15) is 23.1 Å². The highest BCUT2D eigenvalue weighted by molar-refractivity contribution is 7.91. The number of nitrogens with zero attached hydrogens (tertiary/aromatic N) is 1. The number of sulfone groups is 1. The van der Waals surface area contributed by atoms with Gasteiger partial charge in [0.15, 0.2) is 9.84 Å². The van der Waals surface area contributed by atoms with Crippen molar-refractivity contribution in [1.82, 2.24) is 4.90 Å². The Morgan fingerprint density at radius 2 is 1.97 bits per heavy atom. The van der Waals surface area contributed by atoms with Crippen LogP contribution in [0.2, 0.25) is 5.02 Å². The molecule has 152 valence electrons. The van der Waals surface area contributed by atoms with Gasteiger partial charge < -0.3 is 9.32 Å². The highest BCUT2D eigenvalue weighted by Gasteiger charge is 2.34. The minimum Gasteiger partial charge on any atom is -0.464 e. The fourth-order valence-electron chi connectivity index (χ4n) is 3.82. The lowest BCUT2D eigenvalue weighted by molar-refractivity contribution is -0.133. The van der Waals surface area contributed by atoms with Crippen molar-refractivity contribution in [2.75, 3.05) is 11.5 Å². The van der Waals surface area contributed by atoms with Gasteiger partial charge >= 0.3 is 0 Å². The van der Waals surface area contributed by atoms with Crippen LogP contribution in [0.5, 0.6) is 0 Å². The van der Waals surface area contributed by atoms with Crippen molar-refractivity contribution < 1.29 is 17.6 Å². The summed E-state index contributed by atoms with van der Waals surface area (Å²) in [5, 5.41) is 1.53. The number of carbonyl (C=O) groups excluding carboxylic acids is 1. The molecule has 0 bridgehead atoms. The van der Waals surface area contributed by atoms with Crippen molar-refractivity contribution in [2.45, 2.75) is 32.4 Å². The molecule has 4 rings (SSSR count). The Kier molecular flexibility index (Phi) is 5.40. The quantitative estimate of drug-likeness (QED) is 0.608. The zero-order valence-corrected chi connectivity index (χ0v) is 17.7. The highest BCUT2D eigenvalue weighted by atomic mass is 35.5. The molecule has 7 heteroatoms. The third-order valence-electron chi connectivity index (χ3n) is 5.39. The van der Waals surface area contributed by atoms with Crippen LogP contribution in [0.15, 0.2) is 53.1 Å². The molecular formula is C22H22ClNO4S. The van der Waals surface area contributed by atoms with Crippen LogP contribution in [-0.2, 0) is 27.6 Å². The van der Waals surface area contributed by atoms with E-state index in [0.717, 1.165) is 27.7 Å². The topological polar surface area (TPSA) is 67.6 Å². The second-order valence-corrected chi connectivity index (χ2v) is 10.3. The van der Waals surface area contributed by atoms with Gasteiger partial charge in [-0.3, -0.25) is 4.79 Å². The minimum absolute atomic E-state index is 0.0116. The van der Waals surface area contributed by atoms with Gasteiger partial charge in [-0.2, -0.15) is 0 Å². The first-order valence-electron chi connectivity index (χ1n) is 9.52. The third kappa shape index (κ3) is 4.49. The van der Waals surface area contributed by atoms with E-state index in [1.54, 1.807) is 23.3 Å². The van der Waals surface area contributed by atoms with E-state index in [1.807, 2.05) is 37.3 Å². The van der Waals surface area contributed by atoms with Crippen molar-refractivity contribution in [3.63, 3.8) is 0 Å². The molecule has 1 amide bonds. The first-order valence-corrected chi connectivity index (χ1v) is 11.7. The molecule has 2 aromatic carbocycles. The second-order valence-electron chi connectivity index (χ2n) is 7.64. The predicted octanol–water partition coefficient (Wildman–Crippen LogP) is 4.15. The molecule has 0 N–H and O–H groups in total. The van der Waals surface area contributed by atoms with Crippen LogP contribution in [0, 0.1) is 6.92 Å². The zero-order valence-electron chi connectivity index (χ0n) is 16.1. The number of fused-ring (bicyclic) bond motifs is 1. The monoisotopic (exact) mass is 431 g/mol. The lowest BCUT2D eigenvalue weighted by Crippen LogP contribution is -2.41. The number of benzene rings is 2. The average Bonchev–Trinajstić information content (AvgIpc) is 3.23. The van der Waals surface area contributed by atoms with Gasteiger partial charge in [0.2, 0.25) is 5.91 Å². The van der Waals surface area contributed by atoms with Crippen LogP contribution in [0.4, 0.5) is 0 Å². The maximum Gasteiger partial charge on any atom is 0.227 e. The molecule has 1 fully saturated rings. The first-order chi connectivity index (χ1) is 13.8. The van der Waals surface area contributed by atoms with Crippen LogP contribution in [-0.4, -0.2) is 36.8 Å². The van der Waals surface area contributed by atoms with Gasteiger partial charge in [-0.15, -0.1) is 0 Å². The van der Waals surface area contributed by atoms with E-state index in [4.69, 9.17) is 16.0 Å². The molecule has 3 aromatic rings. The number of halogens is 1. The highest BCUT2D eigenvalue weighted by Crippen LogP contribution is 2.26. The molecular weight excluding hydrogens is 410 g/mol. The van der Waals surface area contributed by atoms with E-state index < -0.39 is 9.84 Å². The van der Waals surface area contributed by atoms with Crippen LogP contribution < -0.4 is 0 Å². The van der Waals surface area contributed by atoms with Gasteiger partial charge in [-0.1, -0.05) is 35.9 Å². The largest absolute Gasteiger partial charge is 0.464 e. The molecule has 0 unspecified atom stereocenters. The maximum atomic E-state index is 13.3. The van der Waals surface area contributed by atoms with Crippen LogP contribution >= 0.6 is 11.6 Å². The molecule has 1 aromatic heterocycles. The molecule has 0 spiro atoms. The third-order valence-corrected chi connectivity index (χ3v) is 7.39. The molecule has 5 nitrogen and oxygen atoms in total. The van der Waals surface area contributed by atoms with E-state index >= 15 is 0 Å². The number of rotatable bonds is 5. The smallest absolute Gasteiger partial charge is 0.227 e. The Labute approximate surface area is 175 Å². The Balaban J connectivity index is 1.60. The maximum absolute atomic E-state index is 13.3. The molecule has 0 radical (unpaired) electrons.